The summed E-state index contributed by atoms with van der Waals surface area (Å²) in [5.41, 5.74) is 1.58. The van der Waals surface area contributed by atoms with Crippen LogP contribution in [0.1, 0.15) is 69.0 Å². The van der Waals surface area contributed by atoms with Crippen molar-refractivity contribution < 1.29 is 9.59 Å². The maximum atomic E-state index is 12.3. The fourth-order valence-electron chi connectivity index (χ4n) is 3.94. The van der Waals surface area contributed by atoms with Gasteiger partial charge in [-0.25, -0.2) is 0 Å². The van der Waals surface area contributed by atoms with Crippen molar-refractivity contribution in [3.63, 3.8) is 0 Å². The van der Waals surface area contributed by atoms with Crippen LogP contribution < -0.4 is 10.6 Å². The molecular weight excluding hydrogens is 376 g/mol. The number of aryl methyl sites for hydroxylation is 1. The molecule has 0 saturated heterocycles. The number of hydrogen-bond acceptors (Lipinski definition) is 4. The summed E-state index contributed by atoms with van der Waals surface area (Å²) in [5.74, 6) is 0.710. The van der Waals surface area contributed by atoms with Gasteiger partial charge in [-0.15, -0.1) is 22.7 Å². The largest absolute Gasteiger partial charge is 0.349 e. The summed E-state index contributed by atoms with van der Waals surface area (Å²) < 4.78 is 0. The van der Waals surface area contributed by atoms with Crippen LogP contribution in [0.3, 0.4) is 0 Å². The van der Waals surface area contributed by atoms with E-state index in [2.05, 4.69) is 16.7 Å². The van der Waals surface area contributed by atoms with Crippen molar-refractivity contribution in [2.45, 2.75) is 64.0 Å². The molecule has 0 aliphatic heterocycles. The number of carbonyl (C=O) groups is 2. The van der Waals surface area contributed by atoms with Crippen molar-refractivity contribution in [1.29, 1.82) is 0 Å². The Bertz CT molecular complexity index is 822. The maximum absolute atomic E-state index is 12.3. The molecule has 2 aromatic rings. The Morgan fingerprint density at radius 1 is 0.963 bits per heavy atom. The number of carbonyl (C=O) groups excluding carboxylic acids is 2. The molecule has 2 aliphatic rings. The molecule has 2 amide bonds. The van der Waals surface area contributed by atoms with Crippen molar-refractivity contribution in [2.75, 3.05) is 0 Å². The van der Waals surface area contributed by atoms with Gasteiger partial charge in [0.2, 0.25) is 0 Å². The van der Waals surface area contributed by atoms with E-state index < -0.39 is 0 Å². The predicted molar refractivity (Wildman–Crippen MR) is 111 cm³/mol. The average Bonchev–Trinajstić information content (AvgIpc) is 3.33. The highest BCUT2D eigenvalue weighted by atomic mass is 32.1. The second kappa shape index (κ2) is 8.15. The number of rotatable bonds is 6. The first kappa shape index (κ1) is 18.7. The number of amides is 2. The molecule has 0 bridgehead atoms. The first-order valence-corrected chi connectivity index (χ1v) is 11.6. The zero-order valence-electron chi connectivity index (χ0n) is 15.6. The van der Waals surface area contributed by atoms with Gasteiger partial charge in [0, 0.05) is 32.6 Å². The zero-order valence-corrected chi connectivity index (χ0v) is 17.3. The molecule has 144 valence electrons. The number of thiophene rings is 2. The van der Waals surface area contributed by atoms with Crippen LogP contribution in [0.15, 0.2) is 22.9 Å². The van der Waals surface area contributed by atoms with Gasteiger partial charge in [-0.1, -0.05) is 0 Å². The van der Waals surface area contributed by atoms with Gasteiger partial charge in [-0.2, -0.15) is 0 Å². The molecule has 0 aromatic carbocycles. The topological polar surface area (TPSA) is 58.2 Å². The van der Waals surface area contributed by atoms with Gasteiger partial charge in [0.25, 0.3) is 11.8 Å². The molecule has 2 heterocycles. The first-order valence-electron chi connectivity index (χ1n) is 9.81. The third kappa shape index (κ3) is 4.61. The van der Waals surface area contributed by atoms with Crippen LogP contribution >= 0.6 is 22.7 Å². The van der Waals surface area contributed by atoms with Gasteiger partial charge in [0.15, 0.2) is 0 Å². The van der Waals surface area contributed by atoms with E-state index in [1.165, 1.54) is 16.2 Å². The Labute approximate surface area is 168 Å². The van der Waals surface area contributed by atoms with Crippen molar-refractivity contribution in [2.24, 2.45) is 5.92 Å². The molecule has 2 aromatic heterocycles. The number of nitrogens with one attached hydrogen (secondary N) is 2. The standard InChI is InChI=1S/C21H26N2O2S2/c1-13-7-15(11-26-13)20(24)23-18-6-5-14(8-18)9-19-10-16(12-27-19)21(25)22-17-3-2-4-17/h7,10-12,14,17-18H,2-6,8-9H2,1H3,(H,22,25)(H,23,24). The summed E-state index contributed by atoms with van der Waals surface area (Å²) in [5, 5.41) is 10.2. The highest BCUT2D eigenvalue weighted by molar-refractivity contribution is 7.10. The van der Waals surface area contributed by atoms with E-state index in [9.17, 15) is 9.59 Å². The fourth-order valence-corrected chi connectivity index (χ4v) is 5.60. The minimum atomic E-state index is 0.0519. The molecule has 27 heavy (non-hydrogen) atoms. The van der Waals surface area contributed by atoms with Crippen LogP contribution in [0.25, 0.3) is 0 Å². The lowest BCUT2D eigenvalue weighted by Crippen LogP contribution is -2.39. The Balaban J connectivity index is 1.26. The van der Waals surface area contributed by atoms with Crippen LogP contribution in [-0.4, -0.2) is 23.9 Å². The fraction of sp³-hybridized carbons (Fsp3) is 0.524. The first-order chi connectivity index (χ1) is 13.1. The quantitative estimate of drug-likeness (QED) is 0.745. The maximum Gasteiger partial charge on any atom is 0.252 e. The molecule has 6 heteroatoms. The lowest BCUT2D eigenvalue weighted by atomic mass is 9.93. The smallest absolute Gasteiger partial charge is 0.252 e. The van der Waals surface area contributed by atoms with Crippen LogP contribution in [0, 0.1) is 12.8 Å². The SMILES string of the molecule is Cc1cc(C(=O)NC2CCC(Cc3cc(C(=O)NC4CCC4)cs3)C2)cs1. The van der Waals surface area contributed by atoms with Crippen LogP contribution in [0.2, 0.25) is 0 Å². The van der Waals surface area contributed by atoms with E-state index in [4.69, 9.17) is 0 Å². The van der Waals surface area contributed by atoms with E-state index in [0.29, 0.717) is 12.0 Å². The Hall–Kier alpha value is -1.66. The lowest BCUT2D eigenvalue weighted by Gasteiger charge is -2.26. The van der Waals surface area contributed by atoms with E-state index in [-0.39, 0.29) is 17.9 Å². The molecule has 2 unspecified atom stereocenters. The normalized spacial score (nSPS) is 22.4. The average molecular weight is 403 g/mol. The van der Waals surface area contributed by atoms with Gasteiger partial charge < -0.3 is 10.6 Å². The third-order valence-corrected chi connectivity index (χ3v) is 7.54. The molecule has 2 N–H and O–H groups in total. The Morgan fingerprint density at radius 2 is 1.67 bits per heavy atom. The zero-order chi connectivity index (χ0) is 18.8. The molecule has 2 fully saturated rings. The summed E-state index contributed by atoms with van der Waals surface area (Å²) in [6.07, 6.45) is 7.66. The van der Waals surface area contributed by atoms with Crippen molar-refractivity contribution in [3.05, 3.63) is 43.8 Å². The lowest BCUT2D eigenvalue weighted by molar-refractivity contribution is 0.0914. The highest BCUT2D eigenvalue weighted by Crippen LogP contribution is 2.31. The van der Waals surface area contributed by atoms with Crippen molar-refractivity contribution in [3.8, 4) is 0 Å². The minimum absolute atomic E-state index is 0.0519. The molecule has 2 atom stereocenters. The molecule has 4 rings (SSSR count). The van der Waals surface area contributed by atoms with Crippen molar-refractivity contribution in [1.82, 2.24) is 10.6 Å². The molecule has 0 spiro atoms. The Morgan fingerprint density at radius 3 is 2.33 bits per heavy atom. The van der Waals surface area contributed by atoms with Gasteiger partial charge in [0.05, 0.1) is 11.1 Å². The predicted octanol–water partition coefficient (Wildman–Crippen LogP) is 4.54. The molecular formula is C21H26N2O2S2. The van der Waals surface area contributed by atoms with Crippen LogP contribution in [0.5, 0.6) is 0 Å². The van der Waals surface area contributed by atoms with E-state index in [1.807, 2.05) is 23.8 Å². The summed E-state index contributed by atoms with van der Waals surface area (Å²) in [6.45, 7) is 2.02. The second-order valence-corrected chi connectivity index (χ2v) is 10.0. The third-order valence-electron chi connectivity index (χ3n) is 5.72. The van der Waals surface area contributed by atoms with Gasteiger partial charge in [-0.3, -0.25) is 9.59 Å². The highest BCUT2D eigenvalue weighted by Gasteiger charge is 2.27. The second-order valence-electron chi connectivity index (χ2n) is 7.90. The van der Waals surface area contributed by atoms with Crippen LogP contribution in [0.4, 0.5) is 0 Å². The molecule has 0 radical (unpaired) electrons. The van der Waals surface area contributed by atoms with Gasteiger partial charge >= 0.3 is 0 Å². The van der Waals surface area contributed by atoms with Crippen LogP contribution in [-0.2, 0) is 6.42 Å². The minimum Gasteiger partial charge on any atom is -0.349 e. The number of hydrogen-bond donors (Lipinski definition) is 2. The van der Waals surface area contributed by atoms with E-state index >= 15 is 0 Å². The molecule has 2 saturated carbocycles. The molecule has 2 aliphatic carbocycles. The summed E-state index contributed by atoms with van der Waals surface area (Å²) >= 11 is 3.30. The van der Waals surface area contributed by atoms with Gasteiger partial charge in [0.1, 0.15) is 0 Å². The van der Waals surface area contributed by atoms with Crippen molar-refractivity contribution >= 4 is 34.5 Å². The Kier molecular flexibility index (Phi) is 5.64. The van der Waals surface area contributed by atoms with E-state index in [1.54, 1.807) is 22.7 Å². The van der Waals surface area contributed by atoms with E-state index in [0.717, 1.165) is 49.7 Å². The summed E-state index contributed by atoms with van der Waals surface area (Å²) in [4.78, 5) is 27.0. The monoisotopic (exact) mass is 402 g/mol. The summed E-state index contributed by atoms with van der Waals surface area (Å²) in [7, 11) is 0. The molecule has 4 nitrogen and oxygen atoms in total. The summed E-state index contributed by atoms with van der Waals surface area (Å²) in [6, 6.07) is 4.66. The van der Waals surface area contributed by atoms with Gasteiger partial charge in [-0.05, 0) is 69.9 Å².